The third-order valence-corrected chi connectivity index (χ3v) is 3.85. The number of nitrogens with one attached hydrogen (secondary N) is 1. The quantitative estimate of drug-likeness (QED) is 0.884. The molecule has 1 N–H and O–H groups in total. The Labute approximate surface area is 113 Å². The van der Waals surface area contributed by atoms with Crippen molar-refractivity contribution in [1.29, 1.82) is 0 Å². The lowest BCUT2D eigenvalue weighted by atomic mass is 9.84. The van der Waals surface area contributed by atoms with Gasteiger partial charge in [0.15, 0.2) is 5.78 Å². The lowest BCUT2D eigenvalue weighted by Gasteiger charge is -2.31. The molecule has 2 unspecified atom stereocenters. The average Bonchev–Trinajstić information content (AvgIpc) is 2.46. The van der Waals surface area contributed by atoms with Gasteiger partial charge >= 0.3 is 0 Å². The van der Waals surface area contributed by atoms with Crippen LogP contribution in [0.15, 0.2) is 54.6 Å². The number of rotatable bonds is 2. The maximum absolute atomic E-state index is 12.4. The molecule has 2 atom stereocenters. The molecule has 2 aromatic rings. The van der Waals surface area contributed by atoms with E-state index in [1.165, 1.54) is 5.56 Å². The third kappa shape index (κ3) is 2.26. The second-order valence-corrected chi connectivity index (χ2v) is 5.14. The third-order valence-electron chi connectivity index (χ3n) is 3.85. The zero-order valence-electron chi connectivity index (χ0n) is 11.0. The molecule has 2 heteroatoms. The van der Waals surface area contributed by atoms with Gasteiger partial charge in [-0.3, -0.25) is 4.79 Å². The number of hydrogen-bond acceptors (Lipinski definition) is 2. The normalized spacial score (nSPS) is 21.6. The number of hydrogen-bond donors (Lipinski definition) is 1. The van der Waals surface area contributed by atoms with Crippen LogP contribution in [0.5, 0.6) is 0 Å². The summed E-state index contributed by atoms with van der Waals surface area (Å²) in [7, 11) is 0. The molecular formula is C17H17NO. The Kier molecular flexibility index (Phi) is 3.08. The number of fused-ring (bicyclic) bond motifs is 1. The smallest absolute Gasteiger partial charge is 0.169 e. The highest BCUT2D eigenvalue weighted by atomic mass is 16.1. The lowest BCUT2D eigenvalue weighted by Crippen LogP contribution is -2.39. The first kappa shape index (κ1) is 12.0. The Balaban J connectivity index is 1.87. The summed E-state index contributed by atoms with van der Waals surface area (Å²) >= 11 is 0. The summed E-state index contributed by atoms with van der Waals surface area (Å²) in [6, 6.07) is 18.3. The largest absolute Gasteiger partial charge is 0.381 e. The predicted octanol–water partition coefficient (Wildman–Crippen LogP) is 3.54. The number of anilines is 1. The van der Waals surface area contributed by atoms with Gasteiger partial charge in [-0.15, -0.1) is 0 Å². The number of carbonyl (C=O) groups is 1. The van der Waals surface area contributed by atoms with Crippen LogP contribution in [0.4, 0.5) is 5.69 Å². The van der Waals surface area contributed by atoms with E-state index >= 15 is 0 Å². The summed E-state index contributed by atoms with van der Waals surface area (Å²) in [5.74, 6) is 0.255. The van der Waals surface area contributed by atoms with E-state index in [1.54, 1.807) is 0 Å². The van der Waals surface area contributed by atoms with Gasteiger partial charge in [0.05, 0.1) is 0 Å². The van der Waals surface area contributed by atoms with Gasteiger partial charge in [0.25, 0.3) is 0 Å². The van der Waals surface area contributed by atoms with Crippen LogP contribution in [0.25, 0.3) is 0 Å². The van der Waals surface area contributed by atoms with E-state index in [1.807, 2.05) is 49.4 Å². The zero-order chi connectivity index (χ0) is 13.2. The number of Topliss-reactive ketones (excluding diaryl/α,β-unsaturated/α-hetero) is 1. The molecule has 3 rings (SSSR count). The molecule has 0 saturated heterocycles. The van der Waals surface area contributed by atoms with E-state index < -0.39 is 0 Å². The summed E-state index contributed by atoms with van der Waals surface area (Å²) in [6.45, 7) is 2.01. The summed E-state index contributed by atoms with van der Waals surface area (Å²) in [4.78, 5) is 12.4. The van der Waals surface area contributed by atoms with Crippen molar-refractivity contribution < 1.29 is 4.79 Å². The maximum Gasteiger partial charge on any atom is 0.169 e. The van der Waals surface area contributed by atoms with E-state index in [9.17, 15) is 4.79 Å². The van der Waals surface area contributed by atoms with Gasteiger partial charge in [0, 0.05) is 23.2 Å². The highest BCUT2D eigenvalue weighted by Crippen LogP contribution is 2.29. The molecule has 19 heavy (non-hydrogen) atoms. The van der Waals surface area contributed by atoms with Crippen LogP contribution in [-0.2, 0) is 6.42 Å². The van der Waals surface area contributed by atoms with Crippen molar-refractivity contribution in [1.82, 2.24) is 0 Å². The molecule has 2 aromatic carbocycles. The SMILES string of the molecule is CC1C(=O)c2ccccc2NC1Cc1ccccc1. The van der Waals surface area contributed by atoms with Crippen molar-refractivity contribution in [2.24, 2.45) is 5.92 Å². The molecule has 0 spiro atoms. The van der Waals surface area contributed by atoms with Crippen LogP contribution >= 0.6 is 0 Å². The van der Waals surface area contributed by atoms with Crippen molar-refractivity contribution >= 4 is 11.5 Å². The van der Waals surface area contributed by atoms with E-state index in [0.29, 0.717) is 0 Å². The zero-order valence-corrected chi connectivity index (χ0v) is 11.0. The van der Waals surface area contributed by atoms with Crippen LogP contribution in [0.3, 0.4) is 0 Å². The first-order valence-electron chi connectivity index (χ1n) is 6.69. The van der Waals surface area contributed by atoms with Crippen LogP contribution in [0.1, 0.15) is 22.8 Å². The van der Waals surface area contributed by atoms with Crippen molar-refractivity contribution in [3.63, 3.8) is 0 Å². The van der Waals surface area contributed by atoms with Gasteiger partial charge in [0.2, 0.25) is 0 Å². The van der Waals surface area contributed by atoms with Crippen molar-refractivity contribution in [3.8, 4) is 0 Å². The fourth-order valence-corrected chi connectivity index (χ4v) is 2.67. The van der Waals surface area contributed by atoms with Gasteiger partial charge < -0.3 is 5.32 Å². The second kappa shape index (κ2) is 4.88. The minimum atomic E-state index is 0.00936. The molecule has 0 aromatic heterocycles. The van der Waals surface area contributed by atoms with Gasteiger partial charge in [-0.2, -0.15) is 0 Å². The van der Waals surface area contributed by atoms with Crippen LogP contribution in [0.2, 0.25) is 0 Å². The van der Waals surface area contributed by atoms with Crippen LogP contribution in [-0.4, -0.2) is 11.8 Å². The molecular weight excluding hydrogens is 234 g/mol. The monoisotopic (exact) mass is 251 g/mol. The average molecular weight is 251 g/mol. The molecule has 0 fully saturated rings. The van der Waals surface area contributed by atoms with E-state index in [0.717, 1.165) is 17.7 Å². The number of para-hydroxylation sites is 1. The molecule has 0 aliphatic carbocycles. The van der Waals surface area contributed by atoms with Gasteiger partial charge in [-0.05, 0) is 24.1 Å². The Morgan fingerprint density at radius 3 is 2.47 bits per heavy atom. The Bertz CT molecular complexity index is 591. The topological polar surface area (TPSA) is 29.1 Å². The Morgan fingerprint density at radius 2 is 1.68 bits per heavy atom. The summed E-state index contributed by atoms with van der Waals surface area (Å²) in [6.07, 6.45) is 0.877. The number of benzene rings is 2. The van der Waals surface area contributed by atoms with Crippen LogP contribution in [0, 0.1) is 5.92 Å². The predicted molar refractivity (Wildman–Crippen MR) is 77.5 cm³/mol. The van der Waals surface area contributed by atoms with Gasteiger partial charge in [0.1, 0.15) is 0 Å². The molecule has 0 saturated carbocycles. The molecule has 2 nitrogen and oxygen atoms in total. The first-order chi connectivity index (χ1) is 9.25. The Hall–Kier alpha value is -2.09. The molecule has 0 amide bonds. The van der Waals surface area contributed by atoms with Crippen molar-refractivity contribution in [2.45, 2.75) is 19.4 Å². The van der Waals surface area contributed by atoms with Crippen molar-refractivity contribution in [2.75, 3.05) is 5.32 Å². The highest BCUT2D eigenvalue weighted by Gasteiger charge is 2.31. The Morgan fingerprint density at radius 1 is 1.00 bits per heavy atom. The standard InChI is InChI=1S/C17H17NO/c1-12-16(11-13-7-3-2-4-8-13)18-15-10-6-5-9-14(15)17(12)19/h2-10,12,16,18H,11H2,1H3. The number of ketones is 1. The number of carbonyl (C=O) groups excluding carboxylic acids is 1. The minimum absolute atomic E-state index is 0.00936. The van der Waals surface area contributed by atoms with E-state index in [-0.39, 0.29) is 17.7 Å². The van der Waals surface area contributed by atoms with E-state index in [4.69, 9.17) is 0 Å². The summed E-state index contributed by atoms with van der Waals surface area (Å²) < 4.78 is 0. The second-order valence-electron chi connectivity index (χ2n) is 5.14. The molecule has 0 bridgehead atoms. The lowest BCUT2D eigenvalue weighted by molar-refractivity contribution is 0.0911. The molecule has 1 heterocycles. The first-order valence-corrected chi connectivity index (χ1v) is 6.69. The molecule has 1 aliphatic heterocycles. The molecule has 1 aliphatic rings. The molecule has 0 radical (unpaired) electrons. The summed E-state index contributed by atoms with van der Waals surface area (Å²) in [5.41, 5.74) is 3.05. The molecule has 96 valence electrons. The van der Waals surface area contributed by atoms with E-state index in [2.05, 4.69) is 17.4 Å². The fraction of sp³-hybridized carbons (Fsp3) is 0.235. The minimum Gasteiger partial charge on any atom is -0.381 e. The summed E-state index contributed by atoms with van der Waals surface area (Å²) in [5, 5.41) is 3.50. The fourth-order valence-electron chi connectivity index (χ4n) is 2.67. The van der Waals surface area contributed by atoms with Crippen LogP contribution < -0.4 is 5.32 Å². The maximum atomic E-state index is 12.4. The highest BCUT2D eigenvalue weighted by molar-refractivity contribution is 6.04. The van der Waals surface area contributed by atoms with Gasteiger partial charge in [-0.25, -0.2) is 0 Å². The van der Waals surface area contributed by atoms with Gasteiger partial charge in [-0.1, -0.05) is 49.4 Å². The van der Waals surface area contributed by atoms with Crippen molar-refractivity contribution in [3.05, 3.63) is 65.7 Å².